The number of fused-ring (bicyclic) bond motifs is 1. The number of hydrogen-bond donors (Lipinski definition) is 2. The van der Waals surface area contributed by atoms with Crippen LogP contribution < -0.4 is 10.9 Å². The Morgan fingerprint density at radius 1 is 1.32 bits per heavy atom. The van der Waals surface area contributed by atoms with Gasteiger partial charge in [0.05, 0.1) is 43.0 Å². The SMILES string of the molecule is COC[C@H](C)n1c(-c2cc(C)c(=O)n(C)c2)nc2cc(CN[C@H](C(=O)O[C@H]3CCOC3)[C@@H](C)O)ccc21. The molecule has 0 radical (unpaired) electrons. The van der Waals surface area contributed by atoms with Gasteiger partial charge in [0.15, 0.2) is 0 Å². The predicted molar refractivity (Wildman–Crippen MR) is 139 cm³/mol. The summed E-state index contributed by atoms with van der Waals surface area (Å²) in [7, 11) is 3.40. The Morgan fingerprint density at radius 2 is 2.11 bits per heavy atom. The van der Waals surface area contributed by atoms with Crippen molar-refractivity contribution < 1.29 is 24.1 Å². The average molecular weight is 513 g/mol. The quantitative estimate of drug-likeness (QED) is 0.397. The lowest BCUT2D eigenvalue weighted by Crippen LogP contribution is -2.46. The fourth-order valence-corrected chi connectivity index (χ4v) is 4.74. The molecule has 0 bridgehead atoms. The summed E-state index contributed by atoms with van der Waals surface area (Å²) in [5, 5.41) is 13.3. The van der Waals surface area contributed by atoms with Crippen molar-refractivity contribution in [3.05, 3.63) is 51.9 Å². The molecule has 200 valence electrons. The first kappa shape index (κ1) is 27.0. The molecule has 0 spiro atoms. The summed E-state index contributed by atoms with van der Waals surface area (Å²) in [5.41, 5.74) is 4.05. The van der Waals surface area contributed by atoms with Gasteiger partial charge >= 0.3 is 5.97 Å². The van der Waals surface area contributed by atoms with E-state index in [9.17, 15) is 14.7 Å². The maximum absolute atomic E-state index is 12.6. The summed E-state index contributed by atoms with van der Waals surface area (Å²) >= 11 is 0. The topological polar surface area (TPSA) is 117 Å². The Hall–Kier alpha value is -3.05. The van der Waals surface area contributed by atoms with Crippen molar-refractivity contribution in [2.24, 2.45) is 7.05 Å². The van der Waals surface area contributed by atoms with Crippen molar-refractivity contribution >= 4 is 17.0 Å². The minimum Gasteiger partial charge on any atom is -0.459 e. The van der Waals surface area contributed by atoms with E-state index < -0.39 is 18.1 Å². The third-order valence-electron chi connectivity index (χ3n) is 6.66. The number of aryl methyl sites for hydroxylation is 2. The summed E-state index contributed by atoms with van der Waals surface area (Å²) in [6, 6.07) is 6.93. The Labute approximate surface area is 216 Å². The summed E-state index contributed by atoms with van der Waals surface area (Å²) in [6.07, 6.45) is 1.26. The first-order valence-corrected chi connectivity index (χ1v) is 12.6. The number of nitrogens with one attached hydrogen (secondary N) is 1. The van der Waals surface area contributed by atoms with Gasteiger partial charge in [-0.05, 0) is 44.5 Å². The largest absolute Gasteiger partial charge is 0.459 e. The molecule has 10 heteroatoms. The molecule has 0 unspecified atom stereocenters. The number of methoxy groups -OCH3 is 1. The first-order chi connectivity index (χ1) is 17.7. The van der Waals surface area contributed by atoms with Gasteiger partial charge in [0.2, 0.25) is 0 Å². The van der Waals surface area contributed by atoms with E-state index in [-0.39, 0.29) is 17.7 Å². The molecule has 1 aromatic carbocycles. The number of rotatable bonds is 10. The third kappa shape index (κ3) is 5.93. The standard InChI is InChI=1S/C27H36N4O6/c1-16-10-20(13-30(4)26(16)33)25-29-22-11-19(6-7-23(22)31(25)17(2)14-35-5)12-28-24(18(3)32)27(34)37-21-8-9-36-15-21/h6-7,10-11,13,17-18,21,24,28,32H,8-9,12,14-15H2,1-5H3/t17-,18+,21-,24-/m0/s1. The molecule has 2 aromatic heterocycles. The van der Waals surface area contributed by atoms with Gasteiger partial charge in [0.25, 0.3) is 5.56 Å². The molecule has 3 aromatic rings. The van der Waals surface area contributed by atoms with Gasteiger partial charge in [-0.3, -0.25) is 14.9 Å². The van der Waals surface area contributed by atoms with Gasteiger partial charge in [-0.2, -0.15) is 0 Å². The Bertz CT molecular complexity index is 1280. The number of ether oxygens (including phenoxy) is 3. The number of carbonyl (C=O) groups is 1. The van der Waals surface area contributed by atoms with Crippen LogP contribution in [0.3, 0.4) is 0 Å². The zero-order valence-corrected chi connectivity index (χ0v) is 22.1. The molecule has 1 aliphatic heterocycles. The van der Waals surface area contributed by atoms with Crippen LogP contribution in [-0.2, 0) is 32.6 Å². The molecule has 0 amide bonds. The van der Waals surface area contributed by atoms with Gasteiger partial charge < -0.3 is 28.5 Å². The molecule has 4 atom stereocenters. The van der Waals surface area contributed by atoms with E-state index in [4.69, 9.17) is 19.2 Å². The van der Waals surface area contributed by atoms with Gasteiger partial charge in [-0.1, -0.05) is 6.07 Å². The number of aromatic nitrogens is 3. The molecule has 1 fully saturated rings. The van der Waals surface area contributed by atoms with E-state index in [0.717, 1.165) is 28.0 Å². The number of benzene rings is 1. The smallest absolute Gasteiger partial charge is 0.326 e. The van der Waals surface area contributed by atoms with Crippen molar-refractivity contribution in [1.82, 2.24) is 19.4 Å². The molecule has 3 heterocycles. The van der Waals surface area contributed by atoms with Crippen molar-refractivity contribution in [2.45, 2.75) is 58.0 Å². The van der Waals surface area contributed by atoms with Crippen LogP contribution in [0.2, 0.25) is 0 Å². The maximum atomic E-state index is 12.6. The molecule has 0 aliphatic carbocycles. The number of hydrogen-bond acceptors (Lipinski definition) is 8. The van der Waals surface area contributed by atoms with Crippen LogP contribution in [0.1, 0.15) is 37.4 Å². The molecule has 0 saturated carbocycles. The predicted octanol–water partition coefficient (Wildman–Crippen LogP) is 2.09. The van der Waals surface area contributed by atoms with Gasteiger partial charge in [0.1, 0.15) is 18.0 Å². The van der Waals surface area contributed by atoms with Crippen LogP contribution in [0.15, 0.2) is 35.3 Å². The molecule has 37 heavy (non-hydrogen) atoms. The lowest BCUT2D eigenvalue weighted by Gasteiger charge is -2.22. The number of imidazole rings is 1. The summed E-state index contributed by atoms with van der Waals surface area (Å²) in [6.45, 7) is 7.22. The summed E-state index contributed by atoms with van der Waals surface area (Å²) in [4.78, 5) is 29.8. The van der Waals surface area contributed by atoms with E-state index in [1.54, 1.807) is 38.8 Å². The Balaban J connectivity index is 1.62. The first-order valence-electron chi connectivity index (χ1n) is 12.6. The highest BCUT2D eigenvalue weighted by Crippen LogP contribution is 2.29. The highest BCUT2D eigenvalue weighted by Gasteiger charge is 2.29. The van der Waals surface area contributed by atoms with Crippen molar-refractivity contribution in [1.29, 1.82) is 0 Å². The van der Waals surface area contributed by atoms with Crippen LogP contribution in [0, 0.1) is 6.92 Å². The lowest BCUT2D eigenvalue weighted by molar-refractivity contribution is -0.154. The van der Waals surface area contributed by atoms with E-state index in [1.165, 1.54) is 0 Å². The molecular weight excluding hydrogens is 476 g/mol. The van der Waals surface area contributed by atoms with Crippen molar-refractivity contribution in [2.75, 3.05) is 26.9 Å². The molecule has 2 N–H and O–H groups in total. The number of pyridine rings is 1. The van der Waals surface area contributed by atoms with Crippen molar-refractivity contribution in [3.63, 3.8) is 0 Å². The second kappa shape index (κ2) is 11.6. The van der Waals surface area contributed by atoms with E-state index in [0.29, 0.717) is 38.3 Å². The van der Waals surface area contributed by atoms with E-state index in [2.05, 4.69) is 16.8 Å². The third-order valence-corrected chi connectivity index (χ3v) is 6.66. The zero-order chi connectivity index (χ0) is 26.7. The van der Waals surface area contributed by atoms with Crippen LogP contribution >= 0.6 is 0 Å². The van der Waals surface area contributed by atoms with E-state index in [1.807, 2.05) is 24.3 Å². The van der Waals surface area contributed by atoms with Crippen molar-refractivity contribution in [3.8, 4) is 11.4 Å². The summed E-state index contributed by atoms with van der Waals surface area (Å²) < 4.78 is 19.9. The fraction of sp³-hybridized carbons (Fsp3) is 0.519. The second-order valence-electron chi connectivity index (χ2n) is 9.78. The Kier molecular flexibility index (Phi) is 8.43. The van der Waals surface area contributed by atoms with Crippen LogP contribution in [0.25, 0.3) is 22.4 Å². The van der Waals surface area contributed by atoms with Crippen LogP contribution in [0.5, 0.6) is 0 Å². The maximum Gasteiger partial charge on any atom is 0.326 e. The fourth-order valence-electron chi connectivity index (χ4n) is 4.74. The highest BCUT2D eigenvalue weighted by atomic mass is 16.6. The highest BCUT2D eigenvalue weighted by molar-refractivity contribution is 5.82. The second-order valence-corrected chi connectivity index (χ2v) is 9.78. The van der Waals surface area contributed by atoms with E-state index >= 15 is 0 Å². The number of nitrogens with zero attached hydrogens (tertiary/aromatic N) is 3. The minimum atomic E-state index is -0.924. The van der Waals surface area contributed by atoms with Crippen LogP contribution in [0.4, 0.5) is 0 Å². The number of esters is 1. The molecule has 1 saturated heterocycles. The number of carbonyl (C=O) groups excluding carboxylic acids is 1. The van der Waals surface area contributed by atoms with Gasteiger partial charge in [-0.25, -0.2) is 4.98 Å². The minimum absolute atomic E-state index is 0.000436. The molecule has 10 nitrogen and oxygen atoms in total. The van der Waals surface area contributed by atoms with Gasteiger partial charge in [0, 0.05) is 44.4 Å². The molecule has 4 rings (SSSR count). The van der Waals surface area contributed by atoms with Gasteiger partial charge in [-0.15, -0.1) is 0 Å². The molecular formula is C27H36N4O6. The molecule has 1 aliphatic rings. The van der Waals surface area contributed by atoms with Crippen LogP contribution in [-0.4, -0.2) is 70.4 Å². The average Bonchev–Trinajstić information content (AvgIpc) is 3.49. The summed E-state index contributed by atoms with van der Waals surface area (Å²) in [5.74, 6) is 0.254. The number of aliphatic hydroxyl groups excluding tert-OH is 1. The lowest BCUT2D eigenvalue weighted by atomic mass is 10.1. The normalized spacial score (nSPS) is 18.2. The number of aliphatic hydroxyl groups is 1. The Morgan fingerprint density at radius 3 is 2.76 bits per heavy atom. The zero-order valence-electron chi connectivity index (χ0n) is 22.1. The monoisotopic (exact) mass is 512 g/mol.